The third kappa shape index (κ3) is 5.66. The highest BCUT2D eigenvalue weighted by Gasteiger charge is 2.15. The molecule has 0 saturated carbocycles. The standard InChI is InChI=1S/C16H25N3O2.ClH/c1-11(2)14(17)8-9-19(4)16(21)13-7-5-6-12(10-13)15(20)18-3;/h5-7,10-11,14H,8-9,17H2,1-4H3,(H,18,20);1H. The monoisotopic (exact) mass is 327 g/mol. The lowest BCUT2D eigenvalue weighted by Gasteiger charge is -2.21. The zero-order valence-corrected chi connectivity index (χ0v) is 14.4. The second-order valence-electron chi connectivity index (χ2n) is 5.58. The van der Waals surface area contributed by atoms with Crippen LogP contribution in [0, 0.1) is 5.92 Å². The van der Waals surface area contributed by atoms with Crippen LogP contribution in [0.15, 0.2) is 24.3 Å². The summed E-state index contributed by atoms with van der Waals surface area (Å²) in [7, 11) is 3.32. The van der Waals surface area contributed by atoms with E-state index in [1.807, 2.05) is 0 Å². The summed E-state index contributed by atoms with van der Waals surface area (Å²) >= 11 is 0. The van der Waals surface area contributed by atoms with Gasteiger partial charge in [0.25, 0.3) is 11.8 Å². The Morgan fingerprint density at radius 3 is 2.41 bits per heavy atom. The van der Waals surface area contributed by atoms with E-state index >= 15 is 0 Å². The number of benzene rings is 1. The molecule has 2 amide bonds. The van der Waals surface area contributed by atoms with Crippen LogP contribution in [0.2, 0.25) is 0 Å². The molecule has 1 aromatic carbocycles. The summed E-state index contributed by atoms with van der Waals surface area (Å²) in [6, 6.07) is 6.81. The number of carbonyl (C=O) groups excluding carboxylic acids is 2. The summed E-state index contributed by atoms with van der Waals surface area (Å²) in [5, 5.41) is 2.55. The van der Waals surface area contributed by atoms with Crippen molar-refractivity contribution in [1.29, 1.82) is 0 Å². The largest absolute Gasteiger partial charge is 0.355 e. The van der Waals surface area contributed by atoms with E-state index in [-0.39, 0.29) is 30.3 Å². The number of nitrogens with two attached hydrogens (primary N) is 1. The van der Waals surface area contributed by atoms with Crippen molar-refractivity contribution >= 4 is 24.2 Å². The average Bonchev–Trinajstić information content (AvgIpc) is 2.50. The maximum absolute atomic E-state index is 12.3. The van der Waals surface area contributed by atoms with Crippen molar-refractivity contribution in [2.45, 2.75) is 26.3 Å². The summed E-state index contributed by atoms with van der Waals surface area (Å²) < 4.78 is 0. The molecule has 124 valence electrons. The van der Waals surface area contributed by atoms with Crippen LogP contribution in [0.25, 0.3) is 0 Å². The van der Waals surface area contributed by atoms with E-state index in [4.69, 9.17) is 5.73 Å². The smallest absolute Gasteiger partial charge is 0.253 e. The normalized spacial score (nSPS) is 11.5. The zero-order valence-electron chi connectivity index (χ0n) is 13.6. The molecule has 5 nitrogen and oxygen atoms in total. The molecule has 0 aliphatic heterocycles. The van der Waals surface area contributed by atoms with Crippen LogP contribution >= 0.6 is 12.4 Å². The van der Waals surface area contributed by atoms with Crippen LogP contribution in [0.1, 0.15) is 41.0 Å². The number of halogens is 1. The van der Waals surface area contributed by atoms with Crippen LogP contribution in [0.4, 0.5) is 0 Å². The lowest BCUT2D eigenvalue weighted by Crippen LogP contribution is -2.34. The maximum Gasteiger partial charge on any atom is 0.253 e. The van der Waals surface area contributed by atoms with Crippen molar-refractivity contribution in [3.8, 4) is 0 Å². The van der Waals surface area contributed by atoms with E-state index in [0.29, 0.717) is 23.6 Å². The Morgan fingerprint density at radius 1 is 1.27 bits per heavy atom. The van der Waals surface area contributed by atoms with Crippen molar-refractivity contribution in [3.63, 3.8) is 0 Å². The molecule has 0 radical (unpaired) electrons. The van der Waals surface area contributed by atoms with E-state index < -0.39 is 0 Å². The van der Waals surface area contributed by atoms with Gasteiger partial charge in [-0.15, -0.1) is 12.4 Å². The Labute approximate surface area is 138 Å². The Kier molecular flexibility index (Phi) is 8.75. The topological polar surface area (TPSA) is 75.4 Å². The van der Waals surface area contributed by atoms with Crippen molar-refractivity contribution in [2.24, 2.45) is 11.7 Å². The molecule has 22 heavy (non-hydrogen) atoms. The van der Waals surface area contributed by atoms with Gasteiger partial charge in [0.2, 0.25) is 0 Å². The first-order valence-electron chi connectivity index (χ1n) is 7.20. The van der Waals surface area contributed by atoms with Gasteiger partial charge in [-0.3, -0.25) is 9.59 Å². The quantitative estimate of drug-likeness (QED) is 0.838. The lowest BCUT2D eigenvalue weighted by atomic mass is 10.0. The zero-order chi connectivity index (χ0) is 16.0. The molecule has 0 heterocycles. The van der Waals surface area contributed by atoms with Crippen molar-refractivity contribution in [1.82, 2.24) is 10.2 Å². The third-order valence-electron chi connectivity index (χ3n) is 3.60. The Hall–Kier alpha value is -1.59. The highest BCUT2D eigenvalue weighted by Crippen LogP contribution is 2.10. The van der Waals surface area contributed by atoms with Crippen LogP contribution in [0.5, 0.6) is 0 Å². The fraction of sp³-hybridized carbons (Fsp3) is 0.500. The molecule has 1 unspecified atom stereocenters. The number of hydrogen-bond donors (Lipinski definition) is 2. The molecule has 0 bridgehead atoms. The molecule has 0 saturated heterocycles. The van der Waals surface area contributed by atoms with E-state index in [1.54, 1.807) is 43.3 Å². The predicted molar refractivity (Wildman–Crippen MR) is 91.5 cm³/mol. The summed E-state index contributed by atoms with van der Waals surface area (Å²) in [5.74, 6) is 0.0934. The molecule has 1 aromatic rings. The minimum atomic E-state index is -0.200. The van der Waals surface area contributed by atoms with Crippen LogP contribution in [-0.2, 0) is 0 Å². The number of rotatable bonds is 6. The SMILES string of the molecule is CNC(=O)c1cccc(C(=O)N(C)CCC(N)C(C)C)c1.Cl. The average molecular weight is 328 g/mol. The highest BCUT2D eigenvalue weighted by atomic mass is 35.5. The fourth-order valence-electron chi connectivity index (χ4n) is 1.94. The van der Waals surface area contributed by atoms with Gasteiger partial charge in [0.1, 0.15) is 0 Å². The van der Waals surface area contributed by atoms with Gasteiger partial charge in [0.05, 0.1) is 0 Å². The number of amides is 2. The van der Waals surface area contributed by atoms with E-state index in [1.165, 1.54) is 0 Å². The Bertz CT molecular complexity index is 506. The molecular weight excluding hydrogens is 302 g/mol. The molecule has 0 aliphatic rings. The van der Waals surface area contributed by atoms with Crippen LogP contribution in [-0.4, -0.2) is 43.4 Å². The maximum atomic E-state index is 12.3. The molecule has 6 heteroatoms. The molecule has 1 rings (SSSR count). The Morgan fingerprint density at radius 2 is 1.86 bits per heavy atom. The number of hydrogen-bond acceptors (Lipinski definition) is 3. The van der Waals surface area contributed by atoms with Crippen LogP contribution < -0.4 is 11.1 Å². The molecule has 3 N–H and O–H groups in total. The van der Waals surface area contributed by atoms with Gasteiger partial charge in [-0.2, -0.15) is 0 Å². The number of nitrogens with one attached hydrogen (secondary N) is 1. The Balaban J connectivity index is 0.00000441. The highest BCUT2D eigenvalue weighted by molar-refractivity contribution is 5.99. The second kappa shape index (κ2) is 9.43. The molecule has 0 spiro atoms. The van der Waals surface area contributed by atoms with Gasteiger partial charge < -0.3 is 16.0 Å². The minimum absolute atomic E-state index is 0. The van der Waals surface area contributed by atoms with Crippen molar-refractivity contribution < 1.29 is 9.59 Å². The van der Waals surface area contributed by atoms with Gasteiger partial charge >= 0.3 is 0 Å². The molecular formula is C16H26ClN3O2. The number of carbonyl (C=O) groups is 2. The van der Waals surface area contributed by atoms with Gasteiger partial charge in [-0.05, 0) is 30.5 Å². The summed E-state index contributed by atoms with van der Waals surface area (Å²) in [6.07, 6.45) is 0.759. The number of nitrogens with zero attached hydrogens (tertiary/aromatic N) is 1. The first kappa shape index (κ1) is 20.4. The predicted octanol–water partition coefficient (Wildman–Crippen LogP) is 1.91. The molecule has 0 fully saturated rings. The first-order valence-corrected chi connectivity index (χ1v) is 7.20. The van der Waals surface area contributed by atoms with E-state index in [2.05, 4.69) is 19.2 Å². The van der Waals surface area contributed by atoms with Crippen LogP contribution in [0.3, 0.4) is 0 Å². The second-order valence-corrected chi connectivity index (χ2v) is 5.58. The van der Waals surface area contributed by atoms with Gasteiger partial charge in [0.15, 0.2) is 0 Å². The molecule has 0 aliphatic carbocycles. The van der Waals surface area contributed by atoms with Gasteiger partial charge in [0, 0.05) is 37.8 Å². The van der Waals surface area contributed by atoms with E-state index in [9.17, 15) is 9.59 Å². The lowest BCUT2D eigenvalue weighted by molar-refractivity contribution is 0.0789. The van der Waals surface area contributed by atoms with Gasteiger partial charge in [-0.25, -0.2) is 0 Å². The van der Waals surface area contributed by atoms with Gasteiger partial charge in [-0.1, -0.05) is 19.9 Å². The summed E-state index contributed by atoms with van der Waals surface area (Å²) in [5.41, 5.74) is 6.99. The van der Waals surface area contributed by atoms with Crippen molar-refractivity contribution in [2.75, 3.05) is 20.6 Å². The summed E-state index contributed by atoms with van der Waals surface area (Å²) in [4.78, 5) is 25.6. The molecule has 0 aromatic heterocycles. The molecule has 1 atom stereocenters. The van der Waals surface area contributed by atoms with Crippen molar-refractivity contribution in [3.05, 3.63) is 35.4 Å². The first-order chi connectivity index (χ1) is 9.86. The van der Waals surface area contributed by atoms with E-state index in [0.717, 1.165) is 6.42 Å². The fourth-order valence-corrected chi connectivity index (χ4v) is 1.94. The minimum Gasteiger partial charge on any atom is -0.355 e. The third-order valence-corrected chi connectivity index (χ3v) is 3.60. The summed E-state index contributed by atoms with van der Waals surface area (Å²) in [6.45, 7) is 4.74.